The summed E-state index contributed by atoms with van der Waals surface area (Å²) in [4.78, 5) is 15.2. The van der Waals surface area contributed by atoms with Crippen LogP contribution in [-0.4, -0.2) is 90.1 Å². The van der Waals surface area contributed by atoms with Crippen LogP contribution in [0.1, 0.15) is 130 Å². The number of methoxy groups -OCH3 is 1. The maximum absolute atomic E-state index is 16.6. The molecule has 7 aromatic rings. The summed E-state index contributed by atoms with van der Waals surface area (Å²) in [6, 6.07) is 30.5. The highest BCUT2D eigenvalue weighted by Crippen LogP contribution is 2.44. The minimum atomic E-state index is -4.42. The van der Waals surface area contributed by atoms with Gasteiger partial charge in [0.2, 0.25) is 0 Å². The van der Waals surface area contributed by atoms with Gasteiger partial charge in [0.1, 0.15) is 22.8 Å². The molecule has 456 valence electrons. The largest absolute Gasteiger partial charge is 0.494 e. The maximum Gasteiger partial charge on any atom is 0.429 e. The highest BCUT2D eigenvalue weighted by Gasteiger charge is 2.44. The van der Waals surface area contributed by atoms with Gasteiger partial charge in [0.15, 0.2) is 23.1 Å². The smallest absolute Gasteiger partial charge is 0.429 e. The Hall–Kier alpha value is -6.89. The van der Waals surface area contributed by atoms with Gasteiger partial charge in [-0.1, -0.05) is 87.4 Å². The lowest BCUT2D eigenvalue weighted by Gasteiger charge is -2.40. The number of epoxide rings is 1. The van der Waals surface area contributed by atoms with E-state index in [4.69, 9.17) is 42.6 Å². The van der Waals surface area contributed by atoms with Crippen LogP contribution in [-0.2, 0) is 25.1 Å². The van der Waals surface area contributed by atoms with Crippen LogP contribution in [0.5, 0.6) is 28.7 Å². The van der Waals surface area contributed by atoms with Gasteiger partial charge in [0, 0.05) is 51.8 Å². The number of alkyl halides is 2. The van der Waals surface area contributed by atoms with E-state index in [1.807, 2.05) is 24.3 Å². The molecule has 86 heavy (non-hydrogen) atoms. The van der Waals surface area contributed by atoms with Gasteiger partial charge in [-0.3, -0.25) is 0 Å². The Morgan fingerprint density at radius 1 is 0.744 bits per heavy atom. The average Bonchev–Trinajstić information content (AvgIpc) is 1.64. The number of unbranched alkanes of at least 4 members (excludes halogenated alkanes) is 6. The lowest BCUT2D eigenvalue weighted by atomic mass is 9.84. The van der Waals surface area contributed by atoms with Crippen LogP contribution >= 0.6 is 11.3 Å². The van der Waals surface area contributed by atoms with Gasteiger partial charge in [-0.25, -0.2) is 13.6 Å². The van der Waals surface area contributed by atoms with E-state index >= 15 is 17.6 Å². The van der Waals surface area contributed by atoms with Gasteiger partial charge in [-0.2, -0.15) is 19.0 Å². The van der Waals surface area contributed by atoms with Crippen molar-refractivity contribution in [3.8, 4) is 39.9 Å². The third kappa shape index (κ3) is 15.8. The van der Waals surface area contributed by atoms with E-state index in [1.165, 1.54) is 31.5 Å². The summed E-state index contributed by atoms with van der Waals surface area (Å²) in [5.74, 6) is -2.66. The van der Waals surface area contributed by atoms with E-state index in [-0.39, 0.29) is 44.2 Å². The fraction of sp³-hybridized carbons (Fsp3) is 0.435. The van der Waals surface area contributed by atoms with Crippen molar-refractivity contribution in [3.63, 3.8) is 0 Å². The van der Waals surface area contributed by atoms with Gasteiger partial charge in [0.25, 0.3) is 0 Å². The second-order valence-corrected chi connectivity index (χ2v) is 23.7. The Balaban J connectivity index is 0.831. The predicted octanol–water partition coefficient (Wildman–Crippen LogP) is 16.9. The minimum absolute atomic E-state index is 0.0330. The minimum Gasteiger partial charge on any atom is -0.494 e. The van der Waals surface area contributed by atoms with Gasteiger partial charge in [0.05, 0.1) is 74.7 Å². The SMILES string of the molecule is CCCC/C(=N\N=C\c1cc(OC(F)(F)c2ccc(-c3ccc(OCCCCCOCC4CCC5OC5C4)cc3)c(F)c2F)c2ccccc2c1OC(=O)c1ccc(OCCCCCCOCC2(CC)COC2)c(OC)c1)c1cc2ccccc2s1. The number of carbonyl (C=O) groups is 1. The van der Waals surface area contributed by atoms with Crippen molar-refractivity contribution in [2.75, 3.05) is 60.0 Å². The summed E-state index contributed by atoms with van der Waals surface area (Å²) in [5, 5.41) is 10.5. The molecule has 10 rings (SSSR count). The number of halogens is 4. The summed E-state index contributed by atoms with van der Waals surface area (Å²) >= 11 is 1.58. The Labute approximate surface area is 504 Å². The van der Waals surface area contributed by atoms with Crippen LogP contribution in [0, 0.1) is 23.0 Å². The highest BCUT2D eigenvalue weighted by atomic mass is 32.1. The molecule has 3 unspecified atom stereocenters. The Bertz CT molecular complexity index is 3420. The Kier molecular flexibility index (Phi) is 21.5. The van der Waals surface area contributed by atoms with Crippen molar-refractivity contribution < 1.29 is 65.0 Å². The topological polar surface area (TPSA) is 128 Å². The molecule has 2 aliphatic heterocycles. The van der Waals surface area contributed by atoms with Crippen LogP contribution < -0.4 is 23.7 Å². The number of hydrogen-bond donors (Lipinski definition) is 0. The van der Waals surface area contributed by atoms with E-state index < -0.39 is 35.0 Å². The van der Waals surface area contributed by atoms with Crippen LogP contribution in [0.2, 0.25) is 0 Å². The highest BCUT2D eigenvalue weighted by molar-refractivity contribution is 7.20. The van der Waals surface area contributed by atoms with Crippen molar-refractivity contribution in [2.45, 2.75) is 122 Å². The zero-order valence-corrected chi connectivity index (χ0v) is 50.0. The summed E-state index contributed by atoms with van der Waals surface area (Å²) in [7, 11) is 1.47. The molecule has 0 N–H and O–H groups in total. The molecule has 0 radical (unpaired) electrons. The molecule has 17 heteroatoms. The summed E-state index contributed by atoms with van der Waals surface area (Å²) in [6.07, 6.45) is 10.9. The van der Waals surface area contributed by atoms with E-state index in [2.05, 4.69) is 30.1 Å². The van der Waals surface area contributed by atoms with E-state index in [0.29, 0.717) is 73.9 Å². The number of esters is 1. The molecule has 3 heterocycles. The molecule has 3 aliphatic rings. The first kappa shape index (κ1) is 62.2. The van der Waals surface area contributed by atoms with Crippen LogP contribution in [0.15, 0.2) is 125 Å². The van der Waals surface area contributed by atoms with Gasteiger partial charge >= 0.3 is 12.1 Å². The molecule has 1 aliphatic carbocycles. The first-order valence-corrected chi connectivity index (χ1v) is 31.1. The number of carbonyl (C=O) groups excluding carboxylic acids is 1. The van der Waals surface area contributed by atoms with Gasteiger partial charge in [-0.05, 0) is 149 Å². The Morgan fingerprint density at radius 3 is 2.23 bits per heavy atom. The van der Waals surface area contributed by atoms with Crippen molar-refractivity contribution >= 4 is 50.1 Å². The van der Waals surface area contributed by atoms with Crippen LogP contribution in [0.25, 0.3) is 32.0 Å². The molecule has 1 aromatic heterocycles. The molecule has 0 bridgehead atoms. The third-order valence-corrected chi connectivity index (χ3v) is 17.5. The first-order valence-electron chi connectivity index (χ1n) is 30.3. The molecule has 3 atom stereocenters. The molecule has 3 fully saturated rings. The lowest BCUT2D eigenvalue weighted by molar-refractivity contribution is -0.187. The number of nitrogens with zero attached hydrogens (tertiary/aromatic N) is 2. The molecular formula is C69H76F4N2O10S. The second kappa shape index (κ2) is 29.7. The van der Waals surface area contributed by atoms with Crippen LogP contribution in [0.4, 0.5) is 17.6 Å². The number of benzene rings is 6. The maximum atomic E-state index is 16.6. The summed E-state index contributed by atoms with van der Waals surface area (Å²) in [5.41, 5.74) is -0.264. The summed E-state index contributed by atoms with van der Waals surface area (Å²) < 4.78 is 119. The lowest BCUT2D eigenvalue weighted by Crippen LogP contribution is -2.45. The van der Waals surface area contributed by atoms with Crippen molar-refractivity contribution in [3.05, 3.63) is 148 Å². The average molecular weight is 1200 g/mol. The molecule has 0 amide bonds. The molecular weight excluding hydrogens is 1120 g/mol. The number of hydrogen-bond acceptors (Lipinski definition) is 13. The van der Waals surface area contributed by atoms with Gasteiger partial charge < -0.3 is 42.6 Å². The fourth-order valence-electron chi connectivity index (χ4n) is 10.9. The van der Waals surface area contributed by atoms with E-state index in [9.17, 15) is 4.79 Å². The normalized spacial score (nSPS) is 17.4. The number of thiophene rings is 1. The van der Waals surface area contributed by atoms with E-state index in [0.717, 1.165) is 137 Å². The number of rotatable bonds is 33. The zero-order chi connectivity index (χ0) is 59.9. The third-order valence-electron chi connectivity index (χ3n) is 16.3. The molecule has 1 saturated carbocycles. The predicted molar refractivity (Wildman–Crippen MR) is 328 cm³/mol. The van der Waals surface area contributed by atoms with Crippen molar-refractivity contribution in [2.24, 2.45) is 21.5 Å². The first-order chi connectivity index (χ1) is 41.9. The van der Waals surface area contributed by atoms with Crippen molar-refractivity contribution in [1.29, 1.82) is 0 Å². The van der Waals surface area contributed by atoms with Gasteiger partial charge in [-0.15, -0.1) is 11.3 Å². The second-order valence-electron chi connectivity index (χ2n) is 22.6. The Morgan fingerprint density at radius 2 is 1.49 bits per heavy atom. The monoisotopic (exact) mass is 1200 g/mol. The van der Waals surface area contributed by atoms with Crippen LogP contribution in [0.3, 0.4) is 0 Å². The summed E-state index contributed by atoms with van der Waals surface area (Å²) in [6.45, 7) is 9.57. The molecule has 2 saturated heterocycles. The fourth-order valence-corrected chi connectivity index (χ4v) is 12.0. The quantitative estimate of drug-likeness (QED) is 0.00746. The number of ether oxygens (including phenoxy) is 9. The standard InChI is InChI=1S/C69H76F4N2O10S/c1-4-6-21-56(63-40-48-18-10-13-22-62(48)86-63)75-74-41-50-39-59(53-19-11-12-20-54(53)66(50)84-67(76)49-26-32-57(60(38-49)77-3)82-36-16-8-7-14-34-79-43-68(5-2)44-80-45-68)85-69(72,73)55-30-29-52(64(70)65(55)71)47-24-27-51(28-25-47)81-35-17-9-15-33-78-42-46-23-31-58-61(37-46)83-58/h10-13,18-20,22,24-30,32,38-41,46,58,61H,4-9,14-17,21,23,31,33-37,42-45H2,1-3H3/b74-41+,75-56+. The number of fused-ring (bicyclic) bond motifs is 3. The van der Waals surface area contributed by atoms with Crippen molar-refractivity contribution in [1.82, 2.24) is 0 Å². The molecule has 6 aromatic carbocycles. The van der Waals surface area contributed by atoms with E-state index in [1.54, 1.807) is 65.9 Å². The zero-order valence-electron chi connectivity index (χ0n) is 49.2. The molecule has 12 nitrogen and oxygen atoms in total. The molecule has 0 spiro atoms.